The first-order chi connectivity index (χ1) is 14.8. The van der Waals surface area contributed by atoms with Gasteiger partial charge in [0.1, 0.15) is 5.69 Å². The fraction of sp³-hybridized carbons (Fsp3) is 0.400. The number of aromatic nitrogens is 4. The van der Waals surface area contributed by atoms with Crippen molar-refractivity contribution >= 4 is 21.9 Å². The predicted octanol–water partition coefficient (Wildman–Crippen LogP) is 2.60. The van der Waals surface area contributed by atoms with E-state index in [-0.39, 0.29) is 22.4 Å². The van der Waals surface area contributed by atoms with E-state index in [1.165, 1.54) is 28.6 Å². The minimum absolute atomic E-state index is 0.0554. The fourth-order valence-corrected chi connectivity index (χ4v) is 5.08. The molecule has 2 aromatic heterocycles. The van der Waals surface area contributed by atoms with Gasteiger partial charge in [0, 0.05) is 25.7 Å². The van der Waals surface area contributed by atoms with Gasteiger partial charge in [-0.2, -0.15) is 9.40 Å². The molecule has 0 saturated carbocycles. The molecule has 0 aliphatic carbocycles. The minimum atomic E-state index is -3.56. The number of nitrogens with one attached hydrogen (secondary N) is 1. The van der Waals surface area contributed by atoms with Crippen LogP contribution in [0, 0.1) is 6.92 Å². The van der Waals surface area contributed by atoms with Gasteiger partial charge in [0.25, 0.3) is 11.8 Å². The van der Waals surface area contributed by atoms with Gasteiger partial charge < -0.3 is 4.42 Å². The summed E-state index contributed by atoms with van der Waals surface area (Å²) in [6.45, 7) is 2.90. The number of benzene rings is 1. The molecule has 4 rings (SSSR count). The Hall–Kier alpha value is -3.05. The summed E-state index contributed by atoms with van der Waals surface area (Å²) in [6.07, 6.45) is 3.82. The molecular weight excluding hydrogens is 420 g/mol. The monoisotopic (exact) mass is 444 g/mol. The van der Waals surface area contributed by atoms with Crippen LogP contribution in [0.15, 0.2) is 39.6 Å². The van der Waals surface area contributed by atoms with Crippen LogP contribution in [-0.4, -0.2) is 51.7 Å². The Kier molecular flexibility index (Phi) is 5.88. The lowest BCUT2D eigenvalue weighted by Crippen LogP contribution is -2.31. The third-order valence-corrected chi connectivity index (χ3v) is 7.10. The highest BCUT2D eigenvalue weighted by Gasteiger charge is 2.25. The van der Waals surface area contributed by atoms with Gasteiger partial charge in [-0.05, 0) is 50.1 Å². The number of nitrogens with zero attached hydrogens (tertiary/aromatic N) is 5. The van der Waals surface area contributed by atoms with Crippen LogP contribution in [0.2, 0.25) is 0 Å². The SMILES string of the molecule is Cc1cc(-c2nnc(NC(=O)c3ccc(S(=O)(=O)N4CCCCCC4)cc3)o2)n(C)n1. The van der Waals surface area contributed by atoms with Gasteiger partial charge in [0.05, 0.1) is 10.6 Å². The van der Waals surface area contributed by atoms with Crippen LogP contribution < -0.4 is 5.32 Å². The lowest BCUT2D eigenvalue weighted by molar-refractivity contribution is 0.102. The normalized spacial score (nSPS) is 15.5. The molecular formula is C20H24N6O4S. The summed E-state index contributed by atoms with van der Waals surface area (Å²) < 4.78 is 34.4. The number of hydrogen-bond acceptors (Lipinski definition) is 7. The van der Waals surface area contributed by atoms with Crippen molar-refractivity contribution in [1.29, 1.82) is 0 Å². The van der Waals surface area contributed by atoms with Crippen molar-refractivity contribution in [2.24, 2.45) is 7.05 Å². The van der Waals surface area contributed by atoms with Crippen LogP contribution in [0.5, 0.6) is 0 Å². The van der Waals surface area contributed by atoms with Crippen molar-refractivity contribution in [2.45, 2.75) is 37.5 Å². The highest BCUT2D eigenvalue weighted by atomic mass is 32.2. The molecule has 10 nitrogen and oxygen atoms in total. The number of sulfonamides is 1. The number of anilines is 1. The number of carbonyl (C=O) groups excluding carboxylic acids is 1. The Morgan fingerprint density at radius 3 is 2.35 bits per heavy atom. The molecule has 1 N–H and O–H groups in total. The van der Waals surface area contributed by atoms with Crippen molar-refractivity contribution in [3.8, 4) is 11.6 Å². The molecule has 31 heavy (non-hydrogen) atoms. The van der Waals surface area contributed by atoms with E-state index in [2.05, 4.69) is 20.6 Å². The molecule has 3 heterocycles. The number of hydrogen-bond donors (Lipinski definition) is 1. The highest BCUT2D eigenvalue weighted by Crippen LogP contribution is 2.22. The van der Waals surface area contributed by atoms with Crippen LogP contribution in [0.25, 0.3) is 11.6 Å². The van der Waals surface area contributed by atoms with E-state index in [0.717, 1.165) is 31.4 Å². The standard InChI is InChI=1S/C20H24N6O4S/c1-14-13-17(25(2)24-14)19-22-23-20(30-19)21-18(27)15-7-9-16(10-8-15)31(28,29)26-11-5-3-4-6-12-26/h7-10,13H,3-6,11-12H2,1-2H3,(H,21,23,27). The van der Waals surface area contributed by atoms with Crippen LogP contribution >= 0.6 is 0 Å². The fourth-order valence-electron chi connectivity index (χ4n) is 3.57. The molecule has 0 spiro atoms. The molecule has 0 unspecified atom stereocenters. The maximum Gasteiger partial charge on any atom is 0.322 e. The van der Waals surface area contributed by atoms with E-state index in [1.807, 2.05) is 6.92 Å². The summed E-state index contributed by atoms with van der Waals surface area (Å²) in [4.78, 5) is 12.7. The maximum atomic E-state index is 12.9. The van der Waals surface area contributed by atoms with Crippen LogP contribution in [0.3, 0.4) is 0 Å². The third-order valence-electron chi connectivity index (χ3n) is 5.19. The van der Waals surface area contributed by atoms with Gasteiger partial charge in [-0.3, -0.25) is 14.8 Å². The van der Waals surface area contributed by atoms with Gasteiger partial charge in [-0.15, -0.1) is 5.10 Å². The van der Waals surface area contributed by atoms with Gasteiger partial charge in [-0.25, -0.2) is 8.42 Å². The first kappa shape index (κ1) is 21.2. The van der Waals surface area contributed by atoms with Crippen molar-refractivity contribution in [1.82, 2.24) is 24.3 Å². The zero-order chi connectivity index (χ0) is 22.0. The summed E-state index contributed by atoms with van der Waals surface area (Å²) in [5, 5.41) is 14.5. The minimum Gasteiger partial charge on any atom is -0.401 e. The van der Waals surface area contributed by atoms with Crippen molar-refractivity contribution in [3.63, 3.8) is 0 Å². The Labute approximate surface area is 180 Å². The molecule has 1 aromatic carbocycles. The maximum absolute atomic E-state index is 12.9. The molecule has 1 aliphatic rings. The number of aryl methyl sites for hydroxylation is 2. The summed E-state index contributed by atoms with van der Waals surface area (Å²) in [5.74, 6) is -0.243. The zero-order valence-electron chi connectivity index (χ0n) is 17.4. The average molecular weight is 445 g/mol. The summed E-state index contributed by atoms with van der Waals surface area (Å²) in [6, 6.07) is 7.59. The molecule has 1 aliphatic heterocycles. The van der Waals surface area contributed by atoms with Gasteiger partial charge in [-0.1, -0.05) is 17.9 Å². The first-order valence-electron chi connectivity index (χ1n) is 10.1. The van der Waals surface area contributed by atoms with E-state index in [1.54, 1.807) is 17.8 Å². The lowest BCUT2D eigenvalue weighted by Gasteiger charge is -2.19. The van der Waals surface area contributed by atoms with Crippen LogP contribution in [0.1, 0.15) is 41.7 Å². The molecule has 0 bridgehead atoms. The number of rotatable bonds is 5. The number of amides is 1. The van der Waals surface area contributed by atoms with Crippen LogP contribution in [-0.2, 0) is 17.1 Å². The zero-order valence-corrected chi connectivity index (χ0v) is 18.2. The smallest absolute Gasteiger partial charge is 0.322 e. The molecule has 11 heteroatoms. The summed E-state index contributed by atoms with van der Waals surface area (Å²) >= 11 is 0. The molecule has 0 radical (unpaired) electrons. The molecule has 164 valence electrons. The van der Waals surface area contributed by atoms with E-state index >= 15 is 0 Å². The largest absolute Gasteiger partial charge is 0.401 e. The van der Waals surface area contributed by atoms with Gasteiger partial charge in [0.2, 0.25) is 10.0 Å². The number of carbonyl (C=O) groups is 1. The third kappa shape index (κ3) is 4.52. The molecule has 1 saturated heterocycles. The van der Waals surface area contributed by atoms with Crippen LogP contribution in [0.4, 0.5) is 6.01 Å². The van der Waals surface area contributed by atoms with E-state index < -0.39 is 15.9 Å². The Morgan fingerprint density at radius 2 is 1.74 bits per heavy atom. The second-order valence-electron chi connectivity index (χ2n) is 7.50. The van der Waals surface area contributed by atoms with Gasteiger partial charge >= 0.3 is 6.01 Å². The molecule has 3 aromatic rings. The second-order valence-corrected chi connectivity index (χ2v) is 9.44. The Balaban J connectivity index is 1.46. The summed E-state index contributed by atoms with van der Waals surface area (Å²) in [7, 11) is -1.81. The summed E-state index contributed by atoms with van der Waals surface area (Å²) in [5.41, 5.74) is 1.72. The molecule has 0 atom stereocenters. The quantitative estimate of drug-likeness (QED) is 0.641. The predicted molar refractivity (Wildman–Crippen MR) is 113 cm³/mol. The van der Waals surface area contributed by atoms with Gasteiger partial charge in [0.15, 0.2) is 0 Å². The topological polar surface area (TPSA) is 123 Å². The first-order valence-corrected chi connectivity index (χ1v) is 11.5. The lowest BCUT2D eigenvalue weighted by atomic mass is 10.2. The molecule has 1 amide bonds. The Bertz CT molecular complexity index is 1170. The van der Waals surface area contributed by atoms with Crippen molar-refractivity contribution in [2.75, 3.05) is 18.4 Å². The molecule has 1 fully saturated rings. The van der Waals surface area contributed by atoms with E-state index in [4.69, 9.17) is 4.42 Å². The van der Waals surface area contributed by atoms with Crippen molar-refractivity contribution < 1.29 is 17.6 Å². The highest BCUT2D eigenvalue weighted by molar-refractivity contribution is 7.89. The average Bonchev–Trinajstić information content (AvgIpc) is 3.21. The second kappa shape index (κ2) is 8.60. The van der Waals surface area contributed by atoms with E-state index in [0.29, 0.717) is 18.8 Å². The van der Waals surface area contributed by atoms with E-state index in [9.17, 15) is 13.2 Å². The van der Waals surface area contributed by atoms with Crippen molar-refractivity contribution in [3.05, 3.63) is 41.6 Å². The Morgan fingerprint density at radius 1 is 1.06 bits per heavy atom.